The Balaban J connectivity index is 1.13. The first kappa shape index (κ1) is 30.5. The Morgan fingerprint density at radius 3 is 2.00 bits per heavy atom. The summed E-state index contributed by atoms with van der Waals surface area (Å²) >= 11 is 0. The van der Waals surface area contributed by atoms with Gasteiger partial charge in [-0.05, 0) is 61.9 Å². The fourth-order valence-corrected chi connectivity index (χ4v) is 8.77. The van der Waals surface area contributed by atoms with Crippen molar-refractivity contribution >= 4 is 17.5 Å². The summed E-state index contributed by atoms with van der Waals surface area (Å²) in [5.74, 6) is 1.08. The quantitative estimate of drug-likeness (QED) is 0.153. The number of Topliss-reactive ketones (excluding diaryl/α,β-unsaturated/α-hetero) is 1. The molecule has 0 aromatic carbocycles. The largest absolute Gasteiger partial charge is 0.462 e. The third-order valence-electron chi connectivity index (χ3n) is 11.4. The lowest BCUT2D eigenvalue weighted by Gasteiger charge is -2.56. The molecule has 4 heteroatoms. The summed E-state index contributed by atoms with van der Waals surface area (Å²) in [7, 11) is 0. The molecular weight excluding hydrogens is 484 g/mol. The molecule has 4 nitrogen and oxygen atoms in total. The van der Waals surface area contributed by atoms with E-state index in [2.05, 4.69) is 20.8 Å². The molecule has 4 rings (SSSR count). The van der Waals surface area contributed by atoms with Crippen LogP contribution in [-0.4, -0.2) is 23.6 Å². The highest BCUT2D eigenvalue weighted by Crippen LogP contribution is 2.63. The van der Waals surface area contributed by atoms with Crippen LogP contribution in [0.15, 0.2) is 11.6 Å². The van der Waals surface area contributed by atoms with E-state index in [1.54, 1.807) is 0 Å². The van der Waals surface area contributed by atoms with Crippen molar-refractivity contribution in [3.05, 3.63) is 11.6 Å². The van der Waals surface area contributed by atoms with E-state index in [-0.39, 0.29) is 40.5 Å². The SMILES string of the molecule is CCCCCCCCCCCCCCCC(=O)O[C@H]1CC[C@@]2(C)C(=CC(=O)[C@@H]3[C@@H]2CC[C@]2(C)C(=O)CC[C@@H]32)C1. The molecule has 0 aliphatic heterocycles. The van der Waals surface area contributed by atoms with Crippen LogP contribution in [0.1, 0.15) is 156 Å². The maximum Gasteiger partial charge on any atom is 0.306 e. The molecule has 39 heavy (non-hydrogen) atoms. The molecule has 0 aromatic heterocycles. The van der Waals surface area contributed by atoms with E-state index in [1.807, 2.05) is 6.08 Å². The number of carbonyl (C=O) groups excluding carboxylic acids is 3. The van der Waals surface area contributed by atoms with Crippen molar-refractivity contribution in [2.24, 2.45) is 28.6 Å². The zero-order valence-corrected chi connectivity index (χ0v) is 25.4. The van der Waals surface area contributed by atoms with E-state index in [0.29, 0.717) is 31.0 Å². The summed E-state index contributed by atoms with van der Waals surface area (Å²) in [5, 5.41) is 0. The second-order valence-corrected chi connectivity index (χ2v) is 14.0. The van der Waals surface area contributed by atoms with Crippen LogP contribution in [0.2, 0.25) is 0 Å². The maximum atomic E-state index is 13.4. The maximum absolute atomic E-state index is 13.4. The van der Waals surface area contributed by atoms with E-state index in [1.165, 1.54) is 76.2 Å². The van der Waals surface area contributed by atoms with Crippen molar-refractivity contribution in [3.63, 3.8) is 0 Å². The fourth-order valence-electron chi connectivity index (χ4n) is 8.77. The van der Waals surface area contributed by atoms with Crippen LogP contribution in [0.5, 0.6) is 0 Å². The molecule has 0 radical (unpaired) electrons. The van der Waals surface area contributed by atoms with Gasteiger partial charge in [0.15, 0.2) is 5.78 Å². The van der Waals surface area contributed by atoms with Crippen molar-refractivity contribution in [1.82, 2.24) is 0 Å². The van der Waals surface area contributed by atoms with Gasteiger partial charge in [0.1, 0.15) is 11.9 Å². The Hall–Kier alpha value is -1.45. The van der Waals surface area contributed by atoms with Gasteiger partial charge in [-0.25, -0.2) is 0 Å². The van der Waals surface area contributed by atoms with Crippen LogP contribution in [0, 0.1) is 28.6 Å². The number of carbonyl (C=O) groups is 3. The minimum atomic E-state index is -0.293. The molecule has 0 aromatic rings. The Kier molecular flexibility index (Phi) is 10.9. The first-order chi connectivity index (χ1) is 18.8. The normalized spacial score (nSPS) is 33.8. The van der Waals surface area contributed by atoms with Gasteiger partial charge in [0, 0.05) is 30.6 Å². The Labute approximate surface area is 238 Å². The lowest BCUT2D eigenvalue weighted by molar-refractivity contribution is -0.152. The molecule has 0 unspecified atom stereocenters. The number of esters is 1. The Bertz CT molecular complexity index is 889. The van der Waals surface area contributed by atoms with Crippen LogP contribution in [0.4, 0.5) is 0 Å². The van der Waals surface area contributed by atoms with E-state index < -0.39 is 0 Å². The minimum absolute atomic E-state index is 0.00130. The van der Waals surface area contributed by atoms with E-state index in [0.717, 1.165) is 44.9 Å². The van der Waals surface area contributed by atoms with Gasteiger partial charge in [0.25, 0.3) is 0 Å². The second-order valence-electron chi connectivity index (χ2n) is 14.0. The molecule has 0 N–H and O–H groups in total. The van der Waals surface area contributed by atoms with Gasteiger partial charge in [-0.1, -0.05) is 103 Å². The van der Waals surface area contributed by atoms with Crippen LogP contribution in [0.3, 0.4) is 0 Å². The highest BCUT2D eigenvalue weighted by molar-refractivity contribution is 5.96. The lowest BCUT2D eigenvalue weighted by Crippen LogP contribution is -2.53. The van der Waals surface area contributed by atoms with Gasteiger partial charge in [-0.3, -0.25) is 14.4 Å². The number of hydrogen-bond acceptors (Lipinski definition) is 4. The van der Waals surface area contributed by atoms with Crippen molar-refractivity contribution in [3.8, 4) is 0 Å². The molecule has 0 amide bonds. The van der Waals surface area contributed by atoms with Crippen LogP contribution in [-0.2, 0) is 19.1 Å². The standard InChI is InChI=1S/C35H56O4/c1-4-5-6-7-8-9-10-11-12-13-14-15-16-17-32(38)39-27-20-22-34(2)26(24-27)25-30(36)33-28-18-19-31(37)35(28,3)23-21-29(33)34/h25,27-29,33H,4-24H2,1-3H3/t27-,28-,29-,33-,34-,35-/m0/s1. The molecule has 4 aliphatic carbocycles. The average molecular weight is 541 g/mol. The van der Waals surface area contributed by atoms with Crippen molar-refractivity contribution in [2.75, 3.05) is 0 Å². The second kappa shape index (κ2) is 13.9. The molecule has 6 atom stereocenters. The zero-order valence-electron chi connectivity index (χ0n) is 25.4. The summed E-state index contributed by atoms with van der Waals surface area (Å²) in [4.78, 5) is 38.6. The third kappa shape index (κ3) is 7.07. The van der Waals surface area contributed by atoms with Gasteiger partial charge >= 0.3 is 5.97 Å². The van der Waals surface area contributed by atoms with Crippen LogP contribution in [0.25, 0.3) is 0 Å². The highest BCUT2D eigenvalue weighted by atomic mass is 16.5. The molecule has 0 spiro atoms. The number of hydrogen-bond donors (Lipinski definition) is 0. The van der Waals surface area contributed by atoms with Crippen molar-refractivity contribution < 1.29 is 19.1 Å². The highest BCUT2D eigenvalue weighted by Gasteiger charge is 2.61. The number of ketones is 2. The molecule has 220 valence electrons. The summed E-state index contributed by atoms with van der Waals surface area (Å²) in [5.41, 5.74) is 0.911. The zero-order chi connectivity index (χ0) is 27.9. The van der Waals surface area contributed by atoms with Gasteiger partial charge in [-0.2, -0.15) is 0 Å². The number of allylic oxidation sites excluding steroid dienone is 1. The number of unbranched alkanes of at least 4 members (excludes halogenated alkanes) is 12. The molecule has 4 aliphatic rings. The topological polar surface area (TPSA) is 60.4 Å². The third-order valence-corrected chi connectivity index (χ3v) is 11.4. The monoisotopic (exact) mass is 540 g/mol. The molecular formula is C35H56O4. The summed E-state index contributed by atoms with van der Waals surface area (Å²) < 4.78 is 5.93. The van der Waals surface area contributed by atoms with Gasteiger partial charge in [0.2, 0.25) is 0 Å². The smallest absolute Gasteiger partial charge is 0.306 e. The van der Waals surface area contributed by atoms with E-state index in [9.17, 15) is 14.4 Å². The molecule has 0 heterocycles. The minimum Gasteiger partial charge on any atom is -0.462 e. The summed E-state index contributed by atoms with van der Waals surface area (Å²) in [6.45, 7) is 6.73. The number of fused-ring (bicyclic) bond motifs is 5. The Morgan fingerprint density at radius 2 is 1.36 bits per heavy atom. The fraction of sp³-hybridized carbons (Fsp3) is 0.857. The van der Waals surface area contributed by atoms with E-state index in [4.69, 9.17) is 4.74 Å². The molecule has 0 bridgehead atoms. The van der Waals surface area contributed by atoms with Gasteiger partial charge < -0.3 is 4.74 Å². The summed E-state index contributed by atoms with van der Waals surface area (Å²) in [6, 6.07) is 0. The number of rotatable bonds is 15. The number of ether oxygens (including phenoxy) is 1. The predicted molar refractivity (Wildman–Crippen MR) is 157 cm³/mol. The predicted octanol–water partition coefficient (Wildman–Crippen LogP) is 9.09. The van der Waals surface area contributed by atoms with Gasteiger partial charge in [-0.15, -0.1) is 0 Å². The van der Waals surface area contributed by atoms with E-state index >= 15 is 0 Å². The van der Waals surface area contributed by atoms with Gasteiger partial charge in [0.05, 0.1) is 0 Å². The van der Waals surface area contributed by atoms with Crippen molar-refractivity contribution in [2.45, 2.75) is 162 Å². The Morgan fingerprint density at radius 1 is 0.795 bits per heavy atom. The average Bonchev–Trinajstić information content (AvgIpc) is 3.22. The summed E-state index contributed by atoms with van der Waals surface area (Å²) in [6.07, 6.45) is 25.2. The first-order valence-corrected chi connectivity index (χ1v) is 16.8. The molecule has 3 saturated carbocycles. The first-order valence-electron chi connectivity index (χ1n) is 16.8. The lowest BCUT2D eigenvalue weighted by atomic mass is 9.48. The molecule has 0 saturated heterocycles. The van der Waals surface area contributed by atoms with Crippen LogP contribution < -0.4 is 0 Å². The van der Waals surface area contributed by atoms with Crippen LogP contribution >= 0.6 is 0 Å². The van der Waals surface area contributed by atoms with Crippen molar-refractivity contribution in [1.29, 1.82) is 0 Å². The molecule has 3 fully saturated rings.